The minimum Gasteiger partial charge on any atom is -0.488 e. The Kier molecular flexibility index (Phi) is 4.71. The lowest BCUT2D eigenvalue weighted by atomic mass is 9.94. The molecule has 1 spiro atoms. The molecule has 7 heteroatoms. The molecule has 0 saturated carbocycles. The van der Waals surface area contributed by atoms with Crippen LogP contribution in [0.15, 0.2) is 34.3 Å². The van der Waals surface area contributed by atoms with E-state index >= 15 is 0 Å². The molecule has 1 aromatic rings. The summed E-state index contributed by atoms with van der Waals surface area (Å²) < 4.78 is 55.6. The number of rotatable bonds is 3. The second-order valence-electron chi connectivity index (χ2n) is 5.61. The molecule has 23 heavy (non-hydrogen) atoms. The third-order valence-corrected chi connectivity index (χ3v) is 4.67. The largest absolute Gasteiger partial charge is 0.488 e. The van der Waals surface area contributed by atoms with Gasteiger partial charge in [-0.3, -0.25) is 0 Å². The van der Waals surface area contributed by atoms with Gasteiger partial charge in [-0.25, -0.2) is 0 Å². The second kappa shape index (κ2) is 6.45. The third kappa shape index (κ3) is 3.89. The molecule has 1 aromatic carbocycles. The highest BCUT2D eigenvalue weighted by Crippen LogP contribution is 2.37. The Morgan fingerprint density at radius 2 is 1.96 bits per heavy atom. The number of hydrogen-bond acceptors (Lipinski definition) is 3. The molecule has 3 nitrogen and oxygen atoms in total. The van der Waals surface area contributed by atoms with Crippen molar-refractivity contribution in [3.05, 3.63) is 39.9 Å². The van der Waals surface area contributed by atoms with Crippen LogP contribution in [0.4, 0.5) is 13.2 Å². The first-order valence-electron chi connectivity index (χ1n) is 7.33. The number of halogens is 4. The highest BCUT2D eigenvalue weighted by Gasteiger charge is 2.37. The van der Waals surface area contributed by atoms with Crippen LogP contribution in [0.5, 0.6) is 5.75 Å². The molecular formula is C16H16BrF3O3. The maximum atomic E-state index is 12.8. The van der Waals surface area contributed by atoms with E-state index in [2.05, 4.69) is 15.9 Å². The molecule has 1 aliphatic heterocycles. The van der Waals surface area contributed by atoms with E-state index in [9.17, 15) is 13.2 Å². The summed E-state index contributed by atoms with van der Waals surface area (Å²) in [6, 6.07) is 3.39. The minimum atomic E-state index is -4.38. The molecule has 2 aliphatic rings. The van der Waals surface area contributed by atoms with Crippen LogP contribution in [-0.4, -0.2) is 25.6 Å². The molecule has 1 fully saturated rings. The van der Waals surface area contributed by atoms with Crippen molar-refractivity contribution in [1.29, 1.82) is 0 Å². The van der Waals surface area contributed by atoms with E-state index in [1.54, 1.807) is 0 Å². The topological polar surface area (TPSA) is 27.7 Å². The summed E-state index contributed by atoms with van der Waals surface area (Å²) in [4.78, 5) is 0. The van der Waals surface area contributed by atoms with Crippen LogP contribution < -0.4 is 4.74 Å². The summed E-state index contributed by atoms with van der Waals surface area (Å²) in [5.74, 6) is -0.310. The highest BCUT2D eigenvalue weighted by atomic mass is 79.9. The maximum Gasteiger partial charge on any atom is 0.416 e. The van der Waals surface area contributed by atoms with E-state index in [1.165, 1.54) is 6.07 Å². The van der Waals surface area contributed by atoms with Gasteiger partial charge in [0.1, 0.15) is 12.4 Å². The van der Waals surface area contributed by atoms with Crippen LogP contribution in [0.1, 0.15) is 24.8 Å². The van der Waals surface area contributed by atoms with Gasteiger partial charge >= 0.3 is 6.18 Å². The Hall–Kier alpha value is -1.05. The quantitative estimate of drug-likeness (QED) is 0.697. The Labute approximate surface area is 140 Å². The van der Waals surface area contributed by atoms with Gasteiger partial charge in [-0.15, -0.1) is 0 Å². The SMILES string of the molecule is FC(F)(F)c1ccc(Br)c(OCC2=CCC3(CC2)OCCO3)c1. The lowest BCUT2D eigenvalue weighted by Gasteiger charge is -2.30. The van der Waals surface area contributed by atoms with Crippen molar-refractivity contribution in [1.82, 2.24) is 0 Å². The van der Waals surface area contributed by atoms with Crippen molar-refractivity contribution >= 4 is 15.9 Å². The van der Waals surface area contributed by atoms with Gasteiger partial charge in [-0.05, 0) is 46.1 Å². The summed E-state index contributed by atoms with van der Waals surface area (Å²) in [5, 5.41) is 0. The molecule has 0 unspecified atom stereocenters. The normalized spacial score (nSPS) is 20.6. The third-order valence-electron chi connectivity index (χ3n) is 4.01. The van der Waals surface area contributed by atoms with E-state index in [1.807, 2.05) is 6.08 Å². The fourth-order valence-electron chi connectivity index (χ4n) is 2.71. The van der Waals surface area contributed by atoms with Crippen LogP contribution in [0.2, 0.25) is 0 Å². The van der Waals surface area contributed by atoms with Crippen LogP contribution in [-0.2, 0) is 15.7 Å². The fraction of sp³-hybridized carbons (Fsp3) is 0.500. The lowest BCUT2D eigenvalue weighted by molar-refractivity contribution is -0.161. The maximum absolute atomic E-state index is 12.8. The fourth-order valence-corrected chi connectivity index (χ4v) is 3.07. The number of ether oxygens (including phenoxy) is 3. The van der Waals surface area contributed by atoms with Gasteiger partial charge in [0.15, 0.2) is 5.79 Å². The van der Waals surface area contributed by atoms with Crippen LogP contribution in [0, 0.1) is 0 Å². The summed E-state index contributed by atoms with van der Waals surface area (Å²) >= 11 is 3.22. The van der Waals surface area contributed by atoms with E-state index in [0.29, 0.717) is 24.1 Å². The Morgan fingerprint density at radius 3 is 2.57 bits per heavy atom. The van der Waals surface area contributed by atoms with E-state index in [0.717, 1.165) is 30.5 Å². The van der Waals surface area contributed by atoms with E-state index in [4.69, 9.17) is 14.2 Å². The van der Waals surface area contributed by atoms with Crippen LogP contribution in [0.25, 0.3) is 0 Å². The first kappa shape index (κ1) is 16.8. The molecule has 1 aliphatic carbocycles. The number of benzene rings is 1. The lowest BCUT2D eigenvalue weighted by Crippen LogP contribution is -2.32. The molecule has 0 N–H and O–H groups in total. The smallest absolute Gasteiger partial charge is 0.416 e. The molecule has 0 aromatic heterocycles. The summed E-state index contributed by atoms with van der Waals surface area (Å²) in [5.41, 5.74) is 0.319. The number of hydrogen-bond donors (Lipinski definition) is 0. The highest BCUT2D eigenvalue weighted by molar-refractivity contribution is 9.10. The first-order valence-corrected chi connectivity index (χ1v) is 8.13. The molecule has 0 amide bonds. The van der Waals surface area contributed by atoms with Crippen molar-refractivity contribution in [2.24, 2.45) is 0 Å². The standard InChI is InChI=1S/C16H16BrF3O3/c17-13-2-1-12(16(18,19)20)9-14(13)21-10-11-3-5-15(6-4-11)22-7-8-23-15/h1-3,9H,4-8,10H2. The average molecular weight is 393 g/mol. The average Bonchev–Trinajstić information content (AvgIpc) is 2.95. The molecule has 1 saturated heterocycles. The molecule has 0 radical (unpaired) electrons. The van der Waals surface area contributed by atoms with Gasteiger partial charge in [0, 0.05) is 12.8 Å². The second-order valence-corrected chi connectivity index (χ2v) is 6.46. The zero-order valence-corrected chi connectivity index (χ0v) is 13.9. The van der Waals surface area contributed by atoms with Crippen molar-refractivity contribution < 1.29 is 27.4 Å². The van der Waals surface area contributed by atoms with Gasteiger partial charge in [0.25, 0.3) is 0 Å². The van der Waals surface area contributed by atoms with Crippen LogP contribution >= 0.6 is 15.9 Å². The molecule has 126 valence electrons. The van der Waals surface area contributed by atoms with Crippen molar-refractivity contribution in [2.75, 3.05) is 19.8 Å². The van der Waals surface area contributed by atoms with Crippen molar-refractivity contribution in [3.8, 4) is 5.75 Å². The van der Waals surface area contributed by atoms with E-state index in [-0.39, 0.29) is 12.4 Å². The first-order chi connectivity index (χ1) is 10.9. The molecule has 1 heterocycles. The van der Waals surface area contributed by atoms with Gasteiger partial charge < -0.3 is 14.2 Å². The van der Waals surface area contributed by atoms with Crippen molar-refractivity contribution in [3.63, 3.8) is 0 Å². The summed E-state index contributed by atoms with van der Waals surface area (Å²) in [6.07, 6.45) is -0.249. The minimum absolute atomic E-state index is 0.189. The van der Waals surface area contributed by atoms with Gasteiger partial charge in [0.05, 0.1) is 23.2 Å². The van der Waals surface area contributed by atoms with E-state index < -0.39 is 17.5 Å². The zero-order valence-electron chi connectivity index (χ0n) is 12.3. The predicted octanol–water partition coefficient (Wildman–Crippen LogP) is 4.70. The van der Waals surface area contributed by atoms with Gasteiger partial charge in [-0.1, -0.05) is 6.08 Å². The Morgan fingerprint density at radius 1 is 1.22 bits per heavy atom. The van der Waals surface area contributed by atoms with Gasteiger partial charge in [0.2, 0.25) is 0 Å². The monoisotopic (exact) mass is 392 g/mol. The Balaban J connectivity index is 1.64. The molecular weight excluding hydrogens is 377 g/mol. The molecule has 0 atom stereocenters. The molecule has 0 bridgehead atoms. The predicted molar refractivity (Wildman–Crippen MR) is 81.2 cm³/mol. The summed E-state index contributed by atoms with van der Waals surface area (Å²) in [7, 11) is 0. The van der Waals surface area contributed by atoms with Gasteiger partial charge in [-0.2, -0.15) is 13.2 Å². The zero-order chi connectivity index (χ0) is 16.5. The summed E-state index contributed by atoms with van der Waals surface area (Å²) in [6.45, 7) is 1.48. The van der Waals surface area contributed by atoms with Crippen molar-refractivity contribution in [2.45, 2.75) is 31.2 Å². The van der Waals surface area contributed by atoms with Crippen LogP contribution in [0.3, 0.4) is 0 Å². The molecule has 3 rings (SSSR count). The number of alkyl halides is 3. The Bertz CT molecular complexity index is 607.